The van der Waals surface area contributed by atoms with Crippen molar-refractivity contribution in [3.63, 3.8) is 0 Å². The Morgan fingerprint density at radius 1 is 1.39 bits per heavy atom. The number of halogens is 1. The molecule has 0 spiro atoms. The Labute approximate surface area is 111 Å². The quantitative estimate of drug-likeness (QED) is 0.743. The summed E-state index contributed by atoms with van der Waals surface area (Å²) in [7, 11) is 0. The van der Waals surface area contributed by atoms with Crippen LogP contribution in [0.5, 0.6) is 0 Å². The number of nitrogens with one attached hydrogen (secondary N) is 3. The van der Waals surface area contributed by atoms with E-state index in [9.17, 15) is 4.39 Å². The lowest BCUT2D eigenvalue weighted by Gasteiger charge is -2.07. The SMILES string of the molecule is CCNC(=S)NCCc1c[nH]c2ccc(F)cc12. The normalized spacial score (nSPS) is 10.6. The van der Waals surface area contributed by atoms with Crippen LogP contribution in [0, 0.1) is 5.82 Å². The fraction of sp³-hybridized carbons (Fsp3) is 0.308. The van der Waals surface area contributed by atoms with E-state index in [-0.39, 0.29) is 5.82 Å². The highest BCUT2D eigenvalue weighted by molar-refractivity contribution is 7.80. The van der Waals surface area contributed by atoms with Gasteiger partial charge >= 0.3 is 0 Å². The van der Waals surface area contributed by atoms with E-state index in [1.807, 2.05) is 13.1 Å². The van der Waals surface area contributed by atoms with E-state index in [0.717, 1.165) is 36.0 Å². The van der Waals surface area contributed by atoms with E-state index >= 15 is 0 Å². The molecule has 0 saturated carbocycles. The maximum Gasteiger partial charge on any atom is 0.166 e. The highest BCUT2D eigenvalue weighted by Gasteiger charge is 2.04. The second-order valence-corrected chi connectivity index (χ2v) is 4.45. The lowest BCUT2D eigenvalue weighted by molar-refractivity contribution is 0.629. The molecule has 3 N–H and O–H groups in total. The number of hydrogen-bond donors (Lipinski definition) is 3. The maximum atomic E-state index is 13.2. The van der Waals surface area contributed by atoms with Crippen LogP contribution in [0.15, 0.2) is 24.4 Å². The molecule has 0 radical (unpaired) electrons. The van der Waals surface area contributed by atoms with E-state index in [0.29, 0.717) is 5.11 Å². The summed E-state index contributed by atoms with van der Waals surface area (Å²) < 4.78 is 13.2. The van der Waals surface area contributed by atoms with Crippen LogP contribution in [0.3, 0.4) is 0 Å². The lowest BCUT2D eigenvalue weighted by atomic mass is 10.1. The van der Waals surface area contributed by atoms with Gasteiger partial charge in [0.15, 0.2) is 5.11 Å². The van der Waals surface area contributed by atoms with Crippen molar-refractivity contribution in [3.8, 4) is 0 Å². The Balaban J connectivity index is 1.99. The van der Waals surface area contributed by atoms with Crippen molar-refractivity contribution in [3.05, 3.63) is 35.8 Å². The van der Waals surface area contributed by atoms with Gasteiger partial charge in [0.1, 0.15) is 5.82 Å². The fourth-order valence-corrected chi connectivity index (χ4v) is 2.14. The Morgan fingerprint density at radius 2 is 2.22 bits per heavy atom. The van der Waals surface area contributed by atoms with Gasteiger partial charge in [-0.2, -0.15) is 0 Å². The molecule has 0 unspecified atom stereocenters. The van der Waals surface area contributed by atoms with Gasteiger partial charge in [-0.05, 0) is 49.3 Å². The number of H-pyrrole nitrogens is 1. The Hall–Kier alpha value is -1.62. The van der Waals surface area contributed by atoms with Crippen LogP contribution in [-0.2, 0) is 6.42 Å². The van der Waals surface area contributed by atoms with Gasteiger partial charge in [0.25, 0.3) is 0 Å². The molecule has 0 aliphatic rings. The van der Waals surface area contributed by atoms with Crippen molar-refractivity contribution in [1.82, 2.24) is 15.6 Å². The largest absolute Gasteiger partial charge is 0.363 e. The summed E-state index contributed by atoms with van der Waals surface area (Å²) >= 11 is 5.07. The molecular formula is C13H16FN3S. The first kappa shape index (κ1) is 12.8. The van der Waals surface area contributed by atoms with Crippen LogP contribution in [0.1, 0.15) is 12.5 Å². The average molecular weight is 265 g/mol. The minimum atomic E-state index is -0.209. The molecule has 0 bridgehead atoms. The number of benzene rings is 1. The molecule has 0 saturated heterocycles. The fourth-order valence-electron chi connectivity index (χ4n) is 1.89. The summed E-state index contributed by atoms with van der Waals surface area (Å²) in [5.74, 6) is -0.209. The van der Waals surface area contributed by atoms with Gasteiger partial charge in [-0.15, -0.1) is 0 Å². The molecule has 2 aromatic rings. The van der Waals surface area contributed by atoms with E-state index in [1.54, 1.807) is 12.1 Å². The number of aromatic nitrogens is 1. The van der Waals surface area contributed by atoms with Crippen molar-refractivity contribution < 1.29 is 4.39 Å². The molecule has 1 aromatic heterocycles. The maximum absolute atomic E-state index is 13.2. The summed E-state index contributed by atoms with van der Waals surface area (Å²) in [6.07, 6.45) is 2.72. The van der Waals surface area contributed by atoms with Crippen molar-refractivity contribution in [2.75, 3.05) is 13.1 Å². The Kier molecular flexibility index (Phi) is 4.15. The first-order valence-electron chi connectivity index (χ1n) is 5.98. The van der Waals surface area contributed by atoms with Crippen molar-refractivity contribution in [1.29, 1.82) is 0 Å². The van der Waals surface area contributed by atoms with Crippen LogP contribution in [0.4, 0.5) is 4.39 Å². The summed E-state index contributed by atoms with van der Waals surface area (Å²) in [5, 5.41) is 7.73. The van der Waals surface area contributed by atoms with Gasteiger partial charge in [-0.25, -0.2) is 4.39 Å². The highest BCUT2D eigenvalue weighted by Crippen LogP contribution is 2.19. The van der Waals surface area contributed by atoms with Gasteiger partial charge in [-0.1, -0.05) is 0 Å². The highest BCUT2D eigenvalue weighted by atomic mass is 32.1. The summed E-state index contributed by atoms with van der Waals surface area (Å²) in [5.41, 5.74) is 2.05. The number of thiocarbonyl (C=S) groups is 1. The molecule has 18 heavy (non-hydrogen) atoms. The Bertz CT molecular complexity index is 550. The monoisotopic (exact) mass is 265 g/mol. The number of hydrogen-bond acceptors (Lipinski definition) is 1. The molecule has 1 aromatic carbocycles. The van der Waals surface area contributed by atoms with Crippen LogP contribution in [0.25, 0.3) is 10.9 Å². The number of fused-ring (bicyclic) bond motifs is 1. The molecule has 2 rings (SSSR count). The molecule has 0 fully saturated rings. The zero-order valence-corrected chi connectivity index (χ0v) is 11.0. The topological polar surface area (TPSA) is 39.8 Å². The lowest BCUT2D eigenvalue weighted by Crippen LogP contribution is -2.36. The molecule has 0 atom stereocenters. The van der Waals surface area contributed by atoms with Crippen molar-refractivity contribution in [2.24, 2.45) is 0 Å². The molecule has 0 aliphatic carbocycles. The van der Waals surface area contributed by atoms with Crippen molar-refractivity contribution >= 4 is 28.2 Å². The van der Waals surface area contributed by atoms with E-state index in [1.165, 1.54) is 6.07 Å². The zero-order chi connectivity index (χ0) is 13.0. The second-order valence-electron chi connectivity index (χ2n) is 4.04. The van der Waals surface area contributed by atoms with E-state index in [4.69, 9.17) is 12.2 Å². The summed E-state index contributed by atoms with van der Waals surface area (Å²) in [6, 6.07) is 4.77. The minimum absolute atomic E-state index is 0.209. The molecular weight excluding hydrogens is 249 g/mol. The molecule has 0 aliphatic heterocycles. The Morgan fingerprint density at radius 3 is 3.00 bits per heavy atom. The van der Waals surface area contributed by atoms with E-state index < -0.39 is 0 Å². The number of aromatic amines is 1. The van der Waals surface area contributed by atoms with Gasteiger partial charge < -0.3 is 15.6 Å². The minimum Gasteiger partial charge on any atom is -0.363 e. The third-order valence-corrected chi connectivity index (χ3v) is 3.04. The first-order chi connectivity index (χ1) is 8.70. The molecule has 0 amide bonds. The van der Waals surface area contributed by atoms with Crippen LogP contribution in [-0.4, -0.2) is 23.2 Å². The van der Waals surface area contributed by atoms with Gasteiger partial charge in [0.2, 0.25) is 0 Å². The molecule has 5 heteroatoms. The zero-order valence-electron chi connectivity index (χ0n) is 10.2. The van der Waals surface area contributed by atoms with Crippen molar-refractivity contribution in [2.45, 2.75) is 13.3 Å². The number of rotatable bonds is 4. The standard InChI is InChI=1S/C13H16FN3S/c1-2-15-13(18)16-6-5-9-8-17-12-4-3-10(14)7-11(9)12/h3-4,7-8,17H,2,5-6H2,1H3,(H2,15,16,18). The molecule has 1 heterocycles. The van der Waals surface area contributed by atoms with Crippen LogP contribution < -0.4 is 10.6 Å². The van der Waals surface area contributed by atoms with Gasteiger partial charge in [-0.3, -0.25) is 0 Å². The smallest absolute Gasteiger partial charge is 0.166 e. The van der Waals surface area contributed by atoms with Crippen LogP contribution >= 0.6 is 12.2 Å². The predicted molar refractivity (Wildman–Crippen MR) is 76.2 cm³/mol. The van der Waals surface area contributed by atoms with Gasteiger partial charge in [0.05, 0.1) is 0 Å². The average Bonchev–Trinajstić information content (AvgIpc) is 2.72. The van der Waals surface area contributed by atoms with Gasteiger partial charge in [0, 0.05) is 30.2 Å². The molecule has 3 nitrogen and oxygen atoms in total. The summed E-state index contributed by atoms with van der Waals surface area (Å²) in [6.45, 7) is 3.54. The third-order valence-electron chi connectivity index (χ3n) is 2.75. The van der Waals surface area contributed by atoms with Crippen LogP contribution in [0.2, 0.25) is 0 Å². The third kappa shape index (κ3) is 2.98. The molecule has 96 valence electrons. The summed E-state index contributed by atoms with van der Waals surface area (Å²) in [4.78, 5) is 3.14. The van der Waals surface area contributed by atoms with E-state index in [2.05, 4.69) is 15.6 Å². The predicted octanol–water partition coefficient (Wildman–Crippen LogP) is 2.33. The first-order valence-corrected chi connectivity index (χ1v) is 6.38. The second kappa shape index (κ2) is 5.82.